The van der Waals surface area contributed by atoms with E-state index in [9.17, 15) is 22.8 Å². The molecule has 0 aromatic heterocycles. The number of carbonyl (C=O) groups is 2. The van der Waals surface area contributed by atoms with Gasteiger partial charge in [-0.15, -0.1) is 0 Å². The minimum atomic E-state index is -5.21. The number of esters is 1. The molecule has 6 nitrogen and oxygen atoms in total. The molecule has 0 spiro atoms. The first-order valence-corrected chi connectivity index (χ1v) is 4.08. The number of alkyl halides is 3. The van der Waals surface area contributed by atoms with Crippen molar-refractivity contribution in [3.8, 4) is 0 Å². The van der Waals surface area contributed by atoms with Gasteiger partial charge >= 0.3 is 12.1 Å². The highest BCUT2D eigenvalue weighted by Gasteiger charge is 2.47. The summed E-state index contributed by atoms with van der Waals surface area (Å²) in [7, 11) is 0. The molecule has 0 saturated heterocycles. The normalized spacial score (nSPS) is 12.8. The topological polar surface area (TPSA) is 105 Å². The monoisotopic (exact) mass is 241 g/mol. The average Bonchev–Trinajstić information content (AvgIpc) is 2.11. The van der Waals surface area contributed by atoms with E-state index in [0.29, 0.717) is 0 Å². The van der Waals surface area contributed by atoms with Gasteiger partial charge in [0.2, 0.25) is 0 Å². The summed E-state index contributed by atoms with van der Waals surface area (Å²) < 4.78 is 40.4. The number of carbonyl (C=O) groups excluding carboxylic acids is 2. The van der Waals surface area contributed by atoms with Crippen LogP contribution >= 0.6 is 0 Å². The second-order valence-electron chi connectivity index (χ2n) is 2.61. The maximum Gasteiger partial charge on any atom is 0.452 e. The van der Waals surface area contributed by atoms with Crippen LogP contribution in [0.2, 0.25) is 0 Å². The Morgan fingerprint density at radius 3 is 2.31 bits per heavy atom. The molecule has 0 heterocycles. The molecule has 0 aromatic rings. The highest BCUT2D eigenvalue weighted by Crippen LogP contribution is 2.18. The van der Waals surface area contributed by atoms with Crippen LogP contribution in [-0.2, 0) is 14.3 Å². The fourth-order valence-corrected chi connectivity index (χ4v) is 0.776. The number of nitrogens with two attached hydrogens (primary N) is 1. The molecule has 0 saturated carbocycles. The van der Waals surface area contributed by atoms with Gasteiger partial charge in [0.15, 0.2) is 12.0 Å². The van der Waals surface area contributed by atoms with Crippen LogP contribution in [0.15, 0.2) is 0 Å². The molecule has 4 N–H and O–H groups in total. The van der Waals surface area contributed by atoms with Crippen molar-refractivity contribution in [2.45, 2.75) is 19.1 Å². The number of rotatable bonds is 4. The second kappa shape index (κ2) is 5.33. The molecular weight excluding hydrogens is 231 g/mol. The Hall–Kier alpha value is -1.80. The lowest BCUT2D eigenvalue weighted by Crippen LogP contribution is -2.53. The van der Waals surface area contributed by atoms with Gasteiger partial charge in [-0.1, -0.05) is 0 Å². The van der Waals surface area contributed by atoms with E-state index in [0.717, 1.165) is 0 Å². The fraction of sp³-hybridized carbons (Fsp3) is 0.571. The van der Waals surface area contributed by atoms with Crippen molar-refractivity contribution in [3.05, 3.63) is 0 Å². The van der Waals surface area contributed by atoms with Gasteiger partial charge in [-0.25, -0.2) is 4.79 Å². The highest BCUT2D eigenvalue weighted by atomic mass is 19.4. The molecule has 0 bridgehead atoms. The summed E-state index contributed by atoms with van der Waals surface area (Å²) in [5, 5.41) is 8.28. The van der Waals surface area contributed by atoms with Crippen LogP contribution in [0.3, 0.4) is 0 Å². The standard InChI is InChI=1S/C7H10F3N3O3/c1-2-16-5(15)3(13-6(11)12)4(14)7(8,9)10/h3H,2H2,1H3,(H4,11,12,13). The summed E-state index contributed by atoms with van der Waals surface area (Å²) in [6, 6.07) is -2.34. The van der Waals surface area contributed by atoms with Gasteiger partial charge in [0.1, 0.15) is 0 Å². The molecule has 0 aliphatic rings. The second-order valence-corrected chi connectivity index (χ2v) is 2.61. The third-order valence-corrected chi connectivity index (χ3v) is 1.36. The molecule has 0 radical (unpaired) electrons. The van der Waals surface area contributed by atoms with Crippen LogP contribution in [0.1, 0.15) is 6.92 Å². The lowest BCUT2D eigenvalue weighted by Gasteiger charge is -2.17. The average molecular weight is 241 g/mol. The molecule has 1 atom stereocenters. The maximum absolute atomic E-state index is 12.0. The smallest absolute Gasteiger partial charge is 0.452 e. The van der Waals surface area contributed by atoms with Crippen LogP contribution in [-0.4, -0.2) is 36.5 Å². The summed E-state index contributed by atoms with van der Waals surface area (Å²) in [4.78, 5) is 21.8. The predicted molar refractivity (Wildman–Crippen MR) is 46.5 cm³/mol. The molecule has 0 fully saturated rings. The van der Waals surface area contributed by atoms with Gasteiger partial charge in [0.25, 0.3) is 5.78 Å². The molecule has 1 unspecified atom stereocenters. The van der Waals surface area contributed by atoms with Crippen molar-refractivity contribution in [1.82, 2.24) is 5.32 Å². The molecule has 16 heavy (non-hydrogen) atoms. The van der Waals surface area contributed by atoms with Crippen molar-refractivity contribution in [1.29, 1.82) is 5.41 Å². The lowest BCUT2D eigenvalue weighted by atomic mass is 10.2. The molecular formula is C7H10F3N3O3. The Morgan fingerprint density at radius 2 is 2.00 bits per heavy atom. The predicted octanol–water partition coefficient (Wildman–Crippen LogP) is -0.467. The van der Waals surface area contributed by atoms with Gasteiger partial charge in [-0.05, 0) is 6.92 Å². The number of nitrogens with one attached hydrogen (secondary N) is 2. The summed E-state index contributed by atoms with van der Waals surface area (Å²) in [6.45, 7) is 1.17. The Balaban J connectivity index is 4.87. The largest absolute Gasteiger partial charge is 0.464 e. The SMILES string of the molecule is CCOC(=O)C(NC(=N)N)C(=O)C(F)(F)F. The van der Waals surface area contributed by atoms with Crippen LogP contribution in [0.4, 0.5) is 13.2 Å². The summed E-state index contributed by atoms with van der Waals surface area (Å²) >= 11 is 0. The number of ether oxygens (including phenoxy) is 1. The van der Waals surface area contributed by atoms with Gasteiger partial charge < -0.3 is 15.8 Å². The van der Waals surface area contributed by atoms with Gasteiger partial charge in [0.05, 0.1) is 6.61 Å². The minimum absolute atomic E-state index is 0.194. The lowest BCUT2D eigenvalue weighted by molar-refractivity contribution is -0.177. The fourth-order valence-electron chi connectivity index (χ4n) is 0.776. The molecule has 0 amide bonds. The van der Waals surface area contributed by atoms with Gasteiger partial charge in [-0.3, -0.25) is 10.2 Å². The zero-order valence-electron chi connectivity index (χ0n) is 8.22. The number of hydrogen-bond acceptors (Lipinski definition) is 4. The highest BCUT2D eigenvalue weighted by molar-refractivity contribution is 6.08. The first kappa shape index (κ1) is 14.2. The van der Waals surface area contributed by atoms with Crippen molar-refractivity contribution < 1.29 is 27.5 Å². The van der Waals surface area contributed by atoms with E-state index in [1.54, 1.807) is 5.32 Å². The number of hydrogen-bond donors (Lipinski definition) is 3. The van der Waals surface area contributed by atoms with Gasteiger partial charge in [-0.2, -0.15) is 13.2 Å². The third kappa shape index (κ3) is 4.15. The first-order valence-electron chi connectivity index (χ1n) is 4.08. The number of guanidine groups is 1. The van der Waals surface area contributed by atoms with E-state index in [-0.39, 0.29) is 6.61 Å². The van der Waals surface area contributed by atoms with Crippen molar-refractivity contribution in [2.24, 2.45) is 5.73 Å². The number of ketones is 1. The molecule has 0 aliphatic heterocycles. The summed E-state index contributed by atoms with van der Waals surface area (Å²) in [5.41, 5.74) is 4.75. The third-order valence-electron chi connectivity index (χ3n) is 1.36. The number of Topliss-reactive ketones (excluding diaryl/α,β-unsaturated/α-hetero) is 1. The van der Waals surface area contributed by atoms with E-state index in [1.165, 1.54) is 6.92 Å². The van der Waals surface area contributed by atoms with E-state index in [1.807, 2.05) is 0 Å². The Labute approximate surface area is 88.4 Å². The Morgan fingerprint density at radius 1 is 1.50 bits per heavy atom. The van der Waals surface area contributed by atoms with E-state index in [2.05, 4.69) is 4.74 Å². The summed E-state index contributed by atoms with van der Waals surface area (Å²) in [5.74, 6) is -4.73. The first-order chi connectivity index (χ1) is 7.20. The molecule has 0 rings (SSSR count). The van der Waals surface area contributed by atoms with E-state index in [4.69, 9.17) is 11.1 Å². The van der Waals surface area contributed by atoms with E-state index >= 15 is 0 Å². The van der Waals surface area contributed by atoms with Crippen molar-refractivity contribution >= 4 is 17.7 Å². The molecule has 0 aliphatic carbocycles. The van der Waals surface area contributed by atoms with Crippen LogP contribution in [0.5, 0.6) is 0 Å². The van der Waals surface area contributed by atoms with Crippen LogP contribution in [0.25, 0.3) is 0 Å². The zero-order valence-corrected chi connectivity index (χ0v) is 8.22. The molecule has 9 heteroatoms. The zero-order chi connectivity index (χ0) is 12.9. The van der Waals surface area contributed by atoms with Crippen molar-refractivity contribution in [2.75, 3.05) is 6.61 Å². The van der Waals surface area contributed by atoms with Crippen molar-refractivity contribution in [3.63, 3.8) is 0 Å². The quantitative estimate of drug-likeness (QED) is 0.267. The molecule has 0 aromatic carbocycles. The Bertz CT molecular complexity index is 303. The maximum atomic E-state index is 12.0. The van der Waals surface area contributed by atoms with Gasteiger partial charge in [0, 0.05) is 0 Å². The van der Waals surface area contributed by atoms with Crippen LogP contribution < -0.4 is 11.1 Å². The summed E-state index contributed by atoms with van der Waals surface area (Å²) in [6.07, 6.45) is -5.21. The Kier molecular flexibility index (Phi) is 4.73. The van der Waals surface area contributed by atoms with E-state index < -0.39 is 29.9 Å². The molecule has 92 valence electrons. The minimum Gasteiger partial charge on any atom is -0.464 e. The number of halogens is 3. The van der Waals surface area contributed by atoms with Crippen LogP contribution in [0, 0.1) is 5.41 Å².